The lowest BCUT2D eigenvalue weighted by Crippen LogP contribution is -2.41. The Morgan fingerprint density at radius 3 is 2.94 bits per heavy atom. The zero-order valence-corrected chi connectivity index (χ0v) is 11.4. The van der Waals surface area contributed by atoms with Gasteiger partial charge in [-0.15, -0.1) is 0 Å². The molecule has 0 N–H and O–H groups in total. The smallest absolute Gasteiger partial charge is 0.257 e. The summed E-state index contributed by atoms with van der Waals surface area (Å²) in [5.41, 5.74) is 0.700. The molecule has 1 atom stereocenters. The molecule has 1 fully saturated rings. The molecule has 0 spiro atoms. The summed E-state index contributed by atoms with van der Waals surface area (Å²) in [6.07, 6.45) is 2.19. The second-order valence-corrected chi connectivity index (χ2v) is 5.04. The number of carbonyl (C=O) groups excluding carboxylic acids is 1. The van der Waals surface area contributed by atoms with E-state index in [0.29, 0.717) is 17.2 Å². The monoisotopic (exact) mass is 251 g/mol. The van der Waals surface area contributed by atoms with Crippen LogP contribution < -0.4 is 0 Å². The van der Waals surface area contributed by atoms with Crippen LogP contribution in [-0.2, 0) is 4.74 Å². The van der Waals surface area contributed by atoms with E-state index in [-0.39, 0.29) is 5.91 Å². The van der Waals surface area contributed by atoms with E-state index in [1.807, 2.05) is 24.8 Å². The Bertz CT molecular complexity index is 423. The molecule has 0 radical (unpaired) electrons. The second-order valence-electron chi connectivity index (χ2n) is 5.04. The predicted octanol–water partition coefficient (Wildman–Crippen LogP) is 2.40. The van der Waals surface area contributed by atoms with Crippen molar-refractivity contribution in [1.82, 2.24) is 4.90 Å². The fraction of sp³-hybridized carbons (Fsp3) is 0.643. The van der Waals surface area contributed by atoms with Crippen LogP contribution in [-0.4, -0.2) is 37.6 Å². The maximum absolute atomic E-state index is 12.4. The molecule has 18 heavy (non-hydrogen) atoms. The van der Waals surface area contributed by atoms with Crippen LogP contribution in [0.1, 0.15) is 34.7 Å². The topological polar surface area (TPSA) is 42.7 Å². The van der Waals surface area contributed by atoms with E-state index in [9.17, 15) is 4.79 Å². The minimum atomic E-state index is 0.0881. The Balaban J connectivity index is 2.06. The number of nitrogens with zero attached hydrogens (tertiary/aromatic N) is 1. The van der Waals surface area contributed by atoms with E-state index in [4.69, 9.17) is 9.15 Å². The number of methoxy groups -OCH3 is 1. The van der Waals surface area contributed by atoms with Crippen molar-refractivity contribution in [2.24, 2.45) is 5.92 Å². The quantitative estimate of drug-likeness (QED) is 0.828. The Morgan fingerprint density at radius 2 is 2.33 bits per heavy atom. The number of rotatable bonds is 3. The molecule has 2 rings (SSSR count). The molecule has 1 amide bonds. The van der Waals surface area contributed by atoms with Crippen molar-refractivity contribution in [3.05, 3.63) is 23.2 Å². The van der Waals surface area contributed by atoms with Crippen molar-refractivity contribution < 1.29 is 13.9 Å². The van der Waals surface area contributed by atoms with Crippen LogP contribution in [0.4, 0.5) is 0 Å². The van der Waals surface area contributed by atoms with Crippen molar-refractivity contribution in [3.63, 3.8) is 0 Å². The van der Waals surface area contributed by atoms with Crippen LogP contribution in [0.2, 0.25) is 0 Å². The molecular formula is C14H21NO3. The summed E-state index contributed by atoms with van der Waals surface area (Å²) in [5.74, 6) is 2.05. The number of amides is 1. The Kier molecular flexibility index (Phi) is 4.07. The van der Waals surface area contributed by atoms with Gasteiger partial charge >= 0.3 is 0 Å². The number of hydrogen-bond donors (Lipinski definition) is 0. The molecule has 4 heteroatoms. The van der Waals surface area contributed by atoms with Gasteiger partial charge in [-0.3, -0.25) is 4.79 Å². The predicted molar refractivity (Wildman–Crippen MR) is 68.7 cm³/mol. The van der Waals surface area contributed by atoms with Crippen LogP contribution in [0.25, 0.3) is 0 Å². The number of ether oxygens (including phenoxy) is 1. The molecule has 1 aliphatic rings. The van der Waals surface area contributed by atoms with Gasteiger partial charge in [-0.2, -0.15) is 0 Å². The Morgan fingerprint density at radius 1 is 1.56 bits per heavy atom. The number of carbonyl (C=O) groups is 1. The van der Waals surface area contributed by atoms with E-state index < -0.39 is 0 Å². The zero-order valence-electron chi connectivity index (χ0n) is 11.4. The van der Waals surface area contributed by atoms with E-state index in [0.717, 1.165) is 38.3 Å². The summed E-state index contributed by atoms with van der Waals surface area (Å²) in [5, 5.41) is 0. The molecule has 1 aromatic heterocycles. The number of hydrogen-bond acceptors (Lipinski definition) is 3. The minimum Gasteiger partial charge on any atom is -0.466 e. The van der Waals surface area contributed by atoms with Gasteiger partial charge in [-0.1, -0.05) is 0 Å². The molecule has 4 nitrogen and oxygen atoms in total. The number of likely N-dealkylation sites (tertiary alicyclic amines) is 1. The largest absolute Gasteiger partial charge is 0.466 e. The first-order chi connectivity index (χ1) is 8.61. The van der Waals surface area contributed by atoms with Gasteiger partial charge in [0.2, 0.25) is 0 Å². The molecule has 0 aromatic carbocycles. The van der Waals surface area contributed by atoms with Crippen molar-refractivity contribution in [3.8, 4) is 0 Å². The maximum Gasteiger partial charge on any atom is 0.257 e. The second kappa shape index (κ2) is 5.57. The van der Waals surface area contributed by atoms with E-state index >= 15 is 0 Å². The molecule has 1 unspecified atom stereocenters. The van der Waals surface area contributed by atoms with Gasteiger partial charge in [0, 0.05) is 20.2 Å². The molecule has 0 saturated carbocycles. The molecule has 100 valence electrons. The van der Waals surface area contributed by atoms with Crippen LogP contribution in [0.15, 0.2) is 10.5 Å². The third-order valence-corrected chi connectivity index (χ3v) is 3.48. The molecule has 0 aliphatic carbocycles. The minimum absolute atomic E-state index is 0.0881. The maximum atomic E-state index is 12.4. The summed E-state index contributed by atoms with van der Waals surface area (Å²) in [7, 11) is 1.71. The first-order valence-electron chi connectivity index (χ1n) is 6.47. The highest BCUT2D eigenvalue weighted by Gasteiger charge is 2.26. The number of aryl methyl sites for hydroxylation is 2. The molecule has 1 aliphatic heterocycles. The van der Waals surface area contributed by atoms with Gasteiger partial charge in [0.15, 0.2) is 0 Å². The van der Waals surface area contributed by atoms with E-state index in [1.54, 1.807) is 7.11 Å². The average molecular weight is 251 g/mol. The van der Waals surface area contributed by atoms with Crippen molar-refractivity contribution in [2.75, 3.05) is 26.8 Å². The SMILES string of the molecule is COCC1CCCN(C(=O)c2cc(C)oc2C)C1. The first-order valence-corrected chi connectivity index (χ1v) is 6.47. The van der Waals surface area contributed by atoms with Crippen molar-refractivity contribution in [2.45, 2.75) is 26.7 Å². The van der Waals surface area contributed by atoms with Gasteiger partial charge in [0.05, 0.1) is 12.2 Å². The lowest BCUT2D eigenvalue weighted by molar-refractivity contribution is 0.0569. The van der Waals surface area contributed by atoms with Crippen molar-refractivity contribution in [1.29, 1.82) is 0 Å². The third-order valence-electron chi connectivity index (χ3n) is 3.48. The standard InChI is InChI=1S/C14H21NO3/c1-10-7-13(11(2)18-10)14(16)15-6-4-5-12(8-15)9-17-3/h7,12H,4-6,8-9H2,1-3H3. The van der Waals surface area contributed by atoms with Gasteiger partial charge in [-0.25, -0.2) is 0 Å². The fourth-order valence-corrected chi connectivity index (χ4v) is 2.63. The molecule has 2 heterocycles. The summed E-state index contributed by atoms with van der Waals surface area (Å²) in [6, 6.07) is 1.83. The summed E-state index contributed by atoms with van der Waals surface area (Å²) in [4.78, 5) is 14.3. The molecule has 1 saturated heterocycles. The highest BCUT2D eigenvalue weighted by atomic mass is 16.5. The van der Waals surface area contributed by atoms with Crippen LogP contribution in [0, 0.1) is 19.8 Å². The Labute approximate surface area is 108 Å². The highest BCUT2D eigenvalue weighted by molar-refractivity contribution is 5.95. The molecule has 1 aromatic rings. The first kappa shape index (κ1) is 13.1. The van der Waals surface area contributed by atoms with Crippen LogP contribution >= 0.6 is 0 Å². The van der Waals surface area contributed by atoms with E-state index in [1.165, 1.54) is 0 Å². The van der Waals surface area contributed by atoms with Crippen LogP contribution in [0.3, 0.4) is 0 Å². The van der Waals surface area contributed by atoms with Gasteiger partial charge in [-0.05, 0) is 38.7 Å². The van der Waals surface area contributed by atoms with Gasteiger partial charge < -0.3 is 14.1 Å². The lowest BCUT2D eigenvalue weighted by atomic mass is 9.98. The number of piperidine rings is 1. The van der Waals surface area contributed by atoms with Crippen molar-refractivity contribution >= 4 is 5.91 Å². The molecular weight excluding hydrogens is 230 g/mol. The van der Waals surface area contributed by atoms with Gasteiger partial charge in [0.1, 0.15) is 11.5 Å². The Hall–Kier alpha value is -1.29. The summed E-state index contributed by atoms with van der Waals surface area (Å²) in [6.45, 7) is 6.07. The van der Waals surface area contributed by atoms with Gasteiger partial charge in [0.25, 0.3) is 5.91 Å². The zero-order chi connectivity index (χ0) is 13.1. The summed E-state index contributed by atoms with van der Waals surface area (Å²) < 4.78 is 10.6. The summed E-state index contributed by atoms with van der Waals surface area (Å²) >= 11 is 0. The fourth-order valence-electron chi connectivity index (χ4n) is 2.63. The normalized spacial score (nSPS) is 20.2. The number of furan rings is 1. The van der Waals surface area contributed by atoms with E-state index in [2.05, 4.69) is 0 Å². The average Bonchev–Trinajstić information content (AvgIpc) is 2.68. The lowest BCUT2D eigenvalue weighted by Gasteiger charge is -2.32. The molecule has 0 bridgehead atoms. The highest BCUT2D eigenvalue weighted by Crippen LogP contribution is 2.21. The third kappa shape index (κ3) is 2.75. The van der Waals surface area contributed by atoms with Crippen LogP contribution in [0.5, 0.6) is 0 Å².